The lowest BCUT2D eigenvalue weighted by atomic mass is 9.78. The van der Waals surface area contributed by atoms with Crippen molar-refractivity contribution >= 4 is 11.8 Å². The van der Waals surface area contributed by atoms with E-state index in [1.54, 1.807) is 58.0 Å². The predicted molar refractivity (Wildman–Crippen MR) is 94.8 cm³/mol. The third kappa shape index (κ3) is 5.81. The third-order valence-electron chi connectivity index (χ3n) is 3.69. The van der Waals surface area contributed by atoms with Crippen LogP contribution in [0, 0.1) is 16.0 Å². The number of nitrogens with zero attached hydrogens (tertiary/aromatic N) is 1. The first kappa shape index (κ1) is 20.5. The highest BCUT2D eigenvalue weighted by atomic mass is 16.6. The molecule has 0 amide bonds. The number of nitro groups is 1. The SMILES string of the molecule is C/C=C/C(=O)[C@H](C(=O)OC(C)(C)C)[C@H](c1ccccc1)[C@@H](C)[N+](=O)[O-]. The summed E-state index contributed by atoms with van der Waals surface area (Å²) < 4.78 is 5.38. The van der Waals surface area contributed by atoms with Gasteiger partial charge in [-0.3, -0.25) is 19.7 Å². The molecule has 6 nitrogen and oxygen atoms in total. The molecule has 0 aromatic heterocycles. The summed E-state index contributed by atoms with van der Waals surface area (Å²) in [5.74, 6) is -3.45. The van der Waals surface area contributed by atoms with Crippen molar-refractivity contribution in [2.45, 2.75) is 52.2 Å². The molecule has 25 heavy (non-hydrogen) atoms. The molecule has 0 saturated heterocycles. The molecule has 3 atom stereocenters. The van der Waals surface area contributed by atoms with Gasteiger partial charge in [0.1, 0.15) is 11.5 Å². The van der Waals surface area contributed by atoms with E-state index in [0.717, 1.165) is 0 Å². The normalized spacial score (nSPS) is 15.4. The van der Waals surface area contributed by atoms with E-state index in [9.17, 15) is 19.7 Å². The Morgan fingerprint density at radius 2 is 1.76 bits per heavy atom. The standard InChI is InChI=1S/C19H25NO5/c1-6-10-15(21)17(18(22)25-19(3,4)5)16(13(2)20(23)24)14-11-8-7-9-12-14/h6-13,16-17H,1-5H3/b10-6+/t13-,16+,17+/m1/s1. The fourth-order valence-electron chi connectivity index (χ4n) is 2.63. The van der Waals surface area contributed by atoms with Crippen molar-refractivity contribution in [2.24, 2.45) is 5.92 Å². The number of hydrogen-bond donors (Lipinski definition) is 0. The molecule has 1 aromatic carbocycles. The van der Waals surface area contributed by atoms with E-state index in [0.29, 0.717) is 5.56 Å². The van der Waals surface area contributed by atoms with Crippen LogP contribution >= 0.6 is 0 Å². The molecule has 0 aliphatic rings. The third-order valence-corrected chi connectivity index (χ3v) is 3.69. The van der Waals surface area contributed by atoms with Crippen molar-refractivity contribution < 1.29 is 19.2 Å². The van der Waals surface area contributed by atoms with E-state index in [4.69, 9.17) is 4.74 Å². The summed E-state index contributed by atoms with van der Waals surface area (Å²) in [4.78, 5) is 36.3. The highest BCUT2D eigenvalue weighted by Gasteiger charge is 2.44. The van der Waals surface area contributed by atoms with Crippen molar-refractivity contribution in [1.82, 2.24) is 0 Å². The largest absolute Gasteiger partial charge is 0.459 e. The maximum atomic E-state index is 12.7. The van der Waals surface area contributed by atoms with Crippen LogP contribution in [0.2, 0.25) is 0 Å². The molecule has 0 heterocycles. The molecule has 0 bridgehead atoms. The van der Waals surface area contributed by atoms with Gasteiger partial charge in [0.05, 0.1) is 5.92 Å². The summed E-state index contributed by atoms with van der Waals surface area (Å²) in [6.45, 7) is 8.13. The van der Waals surface area contributed by atoms with Gasteiger partial charge in [0.2, 0.25) is 6.04 Å². The number of benzene rings is 1. The maximum Gasteiger partial charge on any atom is 0.318 e. The van der Waals surface area contributed by atoms with Crippen LogP contribution in [0.15, 0.2) is 42.5 Å². The minimum absolute atomic E-state index is 0.474. The Balaban J connectivity index is 3.44. The van der Waals surface area contributed by atoms with Gasteiger partial charge < -0.3 is 4.74 Å². The summed E-state index contributed by atoms with van der Waals surface area (Å²) in [7, 11) is 0. The van der Waals surface area contributed by atoms with Crippen LogP contribution in [0.1, 0.15) is 46.1 Å². The monoisotopic (exact) mass is 347 g/mol. The molecule has 0 aliphatic carbocycles. The van der Waals surface area contributed by atoms with Crippen molar-refractivity contribution in [3.8, 4) is 0 Å². The number of carbonyl (C=O) groups is 2. The molecule has 0 radical (unpaired) electrons. The van der Waals surface area contributed by atoms with Gasteiger partial charge in [0, 0.05) is 11.8 Å². The summed E-state index contributed by atoms with van der Waals surface area (Å²) in [5.41, 5.74) is -0.245. The van der Waals surface area contributed by atoms with Gasteiger partial charge in [-0.25, -0.2) is 0 Å². The lowest BCUT2D eigenvalue weighted by molar-refractivity contribution is -0.523. The second-order valence-electron chi connectivity index (χ2n) is 6.88. The highest BCUT2D eigenvalue weighted by Crippen LogP contribution is 2.33. The Morgan fingerprint density at radius 1 is 1.20 bits per heavy atom. The zero-order chi connectivity index (χ0) is 19.2. The maximum absolute atomic E-state index is 12.7. The van der Waals surface area contributed by atoms with Crippen molar-refractivity contribution in [2.75, 3.05) is 0 Å². The lowest BCUT2D eigenvalue weighted by Gasteiger charge is -2.28. The number of esters is 1. The van der Waals surface area contributed by atoms with E-state index < -0.39 is 40.2 Å². The number of ketones is 1. The summed E-state index contributed by atoms with van der Waals surface area (Å²) >= 11 is 0. The second-order valence-corrected chi connectivity index (χ2v) is 6.88. The highest BCUT2D eigenvalue weighted by molar-refractivity contribution is 6.06. The van der Waals surface area contributed by atoms with E-state index >= 15 is 0 Å². The summed E-state index contributed by atoms with van der Waals surface area (Å²) in [5, 5.41) is 11.4. The fraction of sp³-hybridized carbons (Fsp3) is 0.474. The predicted octanol–water partition coefficient (Wildman–Crippen LogP) is 3.54. The Bertz CT molecular complexity index is 646. The number of hydrogen-bond acceptors (Lipinski definition) is 5. The number of carbonyl (C=O) groups excluding carboxylic acids is 2. The molecule has 0 fully saturated rings. The average molecular weight is 347 g/mol. The summed E-state index contributed by atoms with van der Waals surface area (Å²) in [6.07, 6.45) is 2.77. The van der Waals surface area contributed by atoms with E-state index in [-0.39, 0.29) is 0 Å². The zero-order valence-corrected chi connectivity index (χ0v) is 15.3. The Kier molecular flexibility index (Phi) is 7.03. The Morgan fingerprint density at radius 3 is 2.20 bits per heavy atom. The molecule has 0 saturated carbocycles. The van der Waals surface area contributed by atoms with Gasteiger partial charge in [-0.2, -0.15) is 0 Å². The second kappa shape index (κ2) is 8.55. The Hall–Kier alpha value is -2.50. The number of rotatable bonds is 7. The molecule has 6 heteroatoms. The average Bonchev–Trinajstić information content (AvgIpc) is 2.50. The molecular formula is C19H25NO5. The topological polar surface area (TPSA) is 86.5 Å². The molecule has 0 N–H and O–H groups in total. The first-order valence-electron chi connectivity index (χ1n) is 8.16. The van der Waals surface area contributed by atoms with Crippen molar-refractivity contribution in [1.29, 1.82) is 0 Å². The minimum atomic E-state index is -1.28. The van der Waals surface area contributed by atoms with Gasteiger partial charge >= 0.3 is 5.97 Å². The molecule has 1 rings (SSSR count). The zero-order valence-electron chi connectivity index (χ0n) is 15.3. The van der Waals surface area contributed by atoms with Gasteiger partial charge in [0.25, 0.3) is 0 Å². The molecule has 0 unspecified atom stereocenters. The van der Waals surface area contributed by atoms with Gasteiger partial charge in [-0.05, 0) is 39.3 Å². The lowest BCUT2D eigenvalue weighted by Crippen LogP contribution is -2.41. The minimum Gasteiger partial charge on any atom is -0.459 e. The van der Waals surface area contributed by atoms with Crippen molar-refractivity contribution in [3.63, 3.8) is 0 Å². The molecular weight excluding hydrogens is 322 g/mol. The van der Waals surface area contributed by atoms with Crippen LogP contribution in [-0.4, -0.2) is 28.3 Å². The van der Waals surface area contributed by atoms with E-state index in [1.807, 2.05) is 0 Å². The van der Waals surface area contributed by atoms with E-state index in [2.05, 4.69) is 0 Å². The fourth-order valence-corrected chi connectivity index (χ4v) is 2.63. The molecule has 136 valence electrons. The molecule has 1 aromatic rings. The van der Waals surface area contributed by atoms with Crippen LogP contribution < -0.4 is 0 Å². The quantitative estimate of drug-likeness (QED) is 0.247. The van der Waals surface area contributed by atoms with Crippen LogP contribution in [0.25, 0.3) is 0 Å². The van der Waals surface area contributed by atoms with Gasteiger partial charge in [-0.1, -0.05) is 36.4 Å². The number of ether oxygens (including phenoxy) is 1. The summed E-state index contributed by atoms with van der Waals surface area (Å²) in [6, 6.07) is 7.46. The number of allylic oxidation sites excluding steroid dienone is 2. The van der Waals surface area contributed by atoms with Crippen LogP contribution in [0.5, 0.6) is 0 Å². The Labute approximate surface area is 148 Å². The van der Waals surface area contributed by atoms with Gasteiger partial charge in [-0.15, -0.1) is 0 Å². The first-order chi connectivity index (χ1) is 11.6. The van der Waals surface area contributed by atoms with Crippen LogP contribution in [0.4, 0.5) is 0 Å². The van der Waals surface area contributed by atoms with Gasteiger partial charge in [0.15, 0.2) is 5.78 Å². The molecule has 0 spiro atoms. The van der Waals surface area contributed by atoms with E-state index in [1.165, 1.54) is 19.1 Å². The van der Waals surface area contributed by atoms with Crippen molar-refractivity contribution in [3.05, 3.63) is 58.2 Å². The van der Waals surface area contributed by atoms with Crippen LogP contribution in [-0.2, 0) is 14.3 Å². The first-order valence-corrected chi connectivity index (χ1v) is 8.16. The van der Waals surface area contributed by atoms with Crippen LogP contribution in [0.3, 0.4) is 0 Å². The molecule has 0 aliphatic heterocycles. The smallest absolute Gasteiger partial charge is 0.318 e.